The molecule has 1 unspecified atom stereocenters. The highest BCUT2D eigenvalue weighted by Crippen LogP contribution is 2.36. The van der Waals surface area contributed by atoms with E-state index < -0.39 is 14.5 Å². The molecular weight excluding hydrogens is 291 g/mol. The highest BCUT2D eigenvalue weighted by molar-refractivity contribution is 6.74. The zero-order valence-electron chi connectivity index (χ0n) is 15.0. The average Bonchev–Trinajstić information content (AvgIpc) is 2.44. The van der Waals surface area contributed by atoms with Crippen molar-refractivity contribution in [1.29, 1.82) is 0 Å². The Balaban J connectivity index is 2.12. The first-order chi connectivity index (χ1) is 10.2. The molecule has 1 aromatic carbocycles. The lowest BCUT2D eigenvalue weighted by Crippen LogP contribution is -2.40. The molecule has 0 aliphatic carbocycles. The van der Waals surface area contributed by atoms with Gasteiger partial charge in [-0.2, -0.15) is 0 Å². The van der Waals surface area contributed by atoms with Crippen LogP contribution in [0.4, 0.5) is 4.39 Å². The van der Waals surface area contributed by atoms with Crippen LogP contribution >= 0.6 is 0 Å². The van der Waals surface area contributed by atoms with Crippen LogP contribution in [0.2, 0.25) is 18.1 Å². The van der Waals surface area contributed by atoms with Gasteiger partial charge in [-0.1, -0.05) is 51.1 Å². The van der Waals surface area contributed by atoms with E-state index in [0.29, 0.717) is 12.8 Å². The van der Waals surface area contributed by atoms with E-state index in [9.17, 15) is 4.39 Å². The van der Waals surface area contributed by atoms with Gasteiger partial charge in [0.05, 0.1) is 0 Å². The molecule has 0 saturated carbocycles. The normalized spacial score (nSPS) is 14.1. The SMILES string of the molecule is CC(C)(C)[Si](C)(C)OCCCCC(F)CCc1ccccc1. The van der Waals surface area contributed by atoms with Crippen molar-refractivity contribution >= 4 is 8.32 Å². The number of aryl methyl sites for hydroxylation is 1. The quantitative estimate of drug-likeness (QED) is 0.391. The molecule has 0 saturated heterocycles. The Morgan fingerprint density at radius 2 is 1.68 bits per heavy atom. The number of hydrogen-bond acceptors (Lipinski definition) is 1. The summed E-state index contributed by atoms with van der Waals surface area (Å²) in [7, 11) is -1.64. The minimum atomic E-state index is -1.64. The van der Waals surface area contributed by atoms with Gasteiger partial charge in [-0.15, -0.1) is 0 Å². The number of benzene rings is 1. The summed E-state index contributed by atoms with van der Waals surface area (Å²) in [5, 5.41) is 0.255. The van der Waals surface area contributed by atoms with E-state index in [1.165, 1.54) is 5.56 Å². The fraction of sp³-hybridized carbons (Fsp3) is 0.684. The maximum absolute atomic E-state index is 13.9. The minimum absolute atomic E-state index is 0.255. The molecule has 0 aliphatic heterocycles. The fourth-order valence-electron chi connectivity index (χ4n) is 2.12. The van der Waals surface area contributed by atoms with Gasteiger partial charge in [0.1, 0.15) is 6.17 Å². The van der Waals surface area contributed by atoms with E-state index >= 15 is 0 Å². The molecule has 126 valence electrons. The fourth-order valence-corrected chi connectivity index (χ4v) is 3.21. The van der Waals surface area contributed by atoms with E-state index in [-0.39, 0.29) is 5.04 Å². The summed E-state index contributed by atoms with van der Waals surface area (Å²) < 4.78 is 20.0. The Bertz CT molecular complexity index is 411. The predicted molar refractivity (Wildman–Crippen MR) is 96.7 cm³/mol. The number of unbranched alkanes of at least 4 members (excludes halogenated alkanes) is 1. The molecule has 0 heterocycles. The molecule has 1 aromatic rings. The topological polar surface area (TPSA) is 9.23 Å². The Labute approximate surface area is 137 Å². The second-order valence-corrected chi connectivity index (χ2v) is 12.5. The summed E-state index contributed by atoms with van der Waals surface area (Å²) in [6.07, 6.45) is 3.33. The molecule has 0 spiro atoms. The van der Waals surface area contributed by atoms with Crippen molar-refractivity contribution in [3.63, 3.8) is 0 Å². The maximum Gasteiger partial charge on any atom is 0.191 e. The Morgan fingerprint density at radius 1 is 1.05 bits per heavy atom. The Kier molecular flexibility index (Phi) is 7.77. The van der Waals surface area contributed by atoms with Crippen LogP contribution in [0.15, 0.2) is 30.3 Å². The van der Waals surface area contributed by atoms with Crippen molar-refractivity contribution < 1.29 is 8.82 Å². The van der Waals surface area contributed by atoms with Gasteiger partial charge in [-0.25, -0.2) is 4.39 Å². The highest BCUT2D eigenvalue weighted by atomic mass is 28.4. The standard InChI is InChI=1S/C19H33FOSi/c1-19(2,3)22(4,5)21-16-10-9-13-18(20)15-14-17-11-7-6-8-12-17/h6-8,11-12,18H,9-10,13-16H2,1-5H3. The molecule has 22 heavy (non-hydrogen) atoms. The first kappa shape index (κ1) is 19.4. The van der Waals surface area contributed by atoms with Gasteiger partial charge in [0.15, 0.2) is 8.32 Å². The van der Waals surface area contributed by atoms with E-state index in [1.54, 1.807) is 0 Å². The molecule has 0 aliphatic rings. The highest BCUT2D eigenvalue weighted by Gasteiger charge is 2.36. The van der Waals surface area contributed by atoms with Crippen molar-refractivity contribution in [3.05, 3.63) is 35.9 Å². The minimum Gasteiger partial charge on any atom is -0.417 e. The molecule has 3 heteroatoms. The van der Waals surface area contributed by atoms with Crippen LogP contribution in [0.3, 0.4) is 0 Å². The second kappa shape index (κ2) is 8.83. The smallest absolute Gasteiger partial charge is 0.191 e. The summed E-state index contributed by atoms with van der Waals surface area (Å²) in [5.41, 5.74) is 1.23. The van der Waals surface area contributed by atoms with Crippen molar-refractivity contribution in [2.24, 2.45) is 0 Å². The van der Waals surface area contributed by atoms with Crippen LogP contribution in [0.25, 0.3) is 0 Å². The monoisotopic (exact) mass is 324 g/mol. The van der Waals surface area contributed by atoms with Crippen molar-refractivity contribution in [2.75, 3.05) is 6.61 Å². The van der Waals surface area contributed by atoms with Gasteiger partial charge in [-0.05, 0) is 55.8 Å². The van der Waals surface area contributed by atoms with Gasteiger partial charge in [0, 0.05) is 6.61 Å². The molecule has 1 atom stereocenters. The van der Waals surface area contributed by atoms with Gasteiger partial charge < -0.3 is 4.43 Å². The number of alkyl halides is 1. The average molecular weight is 325 g/mol. The van der Waals surface area contributed by atoms with Crippen LogP contribution < -0.4 is 0 Å². The lowest BCUT2D eigenvalue weighted by Gasteiger charge is -2.36. The van der Waals surface area contributed by atoms with Crippen LogP contribution in [-0.4, -0.2) is 21.1 Å². The van der Waals surface area contributed by atoms with Gasteiger partial charge in [0.2, 0.25) is 0 Å². The molecule has 0 radical (unpaired) electrons. The summed E-state index contributed by atoms with van der Waals surface area (Å²) in [6, 6.07) is 10.2. The zero-order chi connectivity index (χ0) is 16.6. The van der Waals surface area contributed by atoms with Crippen LogP contribution in [-0.2, 0) is 10.8 Å². The van der Waals surface area contributed by atoms with E-state index in [4.69, 9.17) is 4.43 Å². The first-order valence-electron chi connectivity index (χ1n) is 8.54. The summed E-state index contributed by atoms with van der Waals surface area (Å²) >= 11 is 0. The van der Waals surface area contributed by atoms with E-state index in [0.717, 1.165) is 25.9 Å². The van der Waals surface area contributed by atoms with Crippen LogP contribution in [0, 0.1) is 0 Å². The third-order valence-electron chi connectivity index (χ3n) is 4.77. The Hall–Kier alpha value is -0.673. The summed E-state index contributed by atoms with van der Waals surface area (Å²) in [6.45, 7) is 12.1. The maximum atomic E-state index is 13.9. The lowest BCUT2D eigenvalue weighted by atomic mass is 10.0. The van der Waals surface area contributed by atoms with Crippen molar-refractivity contribution in [1.82, 2.24) is 0 Å². The molecule has 0 aromatic heterocycles. The molecule has 0 amide bonds. The van der Waals surface area contributed by atoms with Crippen LogP contribution in [0.1, 0.15) is 52.0 Å². The second-order valence-electron chi connectivity index (χ2n) is 7.73. The molecular formula is C19H33FOSi. The lowest BCUT2D eigenvalue weighted by molar-refractivity contribution is 0.253. The number of halogens is 1. The summed E-state index contributed by atoms with van der Waals surface area (Å²) in [5.74, 6) is 0. The third-order valence-corrected chi connectivity index (χ3v) is 9.31. The Morgan fingerprint density at radius 3 is 2.27 bits per heavy atom. The number of rotatable bonds is 9. The third kappa shape index (κ3) is 7.06. The predicted octanol–water partition coefficient (Wildman–Crippen LogP) is 6.15. The molecule has 0 N–H and O–H groups in total. The summed E-state index contributed by atoms with van der Waals surface area (Å²) in [4.78, 5) is 0. The van der Waals surface area contributed by atoms with Gasteiger partial charge in [0.25, 0.3) is 0 Å². The van der Waals surface area contributed by atoms with E-state index in [1.807, 2.05) is 18.2 Å². The molecule has 1 rings (SSSR count). The largest absolute Gasteiger partial charge is 0.417 e. The van der Waals surface area contributed by atoms with Crippen molar-refractivity contribution in [3.8, 4) is 0 Å². The molecule has 0 bridgehead atoms. The van der Waals surface area contributed by atoms with Crippen molar-refractivity contribution in [2.45, 2.75) is 77.2 Å². The van der Waals surface area contributed by atoms with Gasteiger partial charge >= 0.3 is 0 Å². The van der Waals surface area contributed by atoms with Gasteiger partial charge in [-0.3, -0.25) is 0 Å². The molecule has 0 fully saturated rings. The molecule has 1 nitrogen and oxygen atoms in total. The first-order valence-corrected chi connectivity index (χ1v) is 11.4. The zero-order valence-corrected chi connectivity index (χ0v) is 16.0. The van der Waals surface area contributed by atoms with Crippen LogP contribution in [0.5, 0.6) is 0 Å². The van der Waals surface area contributed by atoms with E-state index in [2.05, 4.69) is 46.0 Å². The number of hydrogen-bond donors (Lipinski definition) is 0.